The summed E-state index contributed by atoms with van der Waals surface area (Å²) in [7, 11) is 0. The van der Waals surface area contributed by atoms with Gasteiger partial charge in [-0.1, -0.05) is 0 Å². The Balaban J connectivity index is 2.21. The van der Waals surface area contributed by atoms with E-state index in [0.29, 0.717) is 0 Å². The zero-order valence-electron chi connectivity index (χ0n) is 9.91. The van der Waals surface area contributed by atoms with Gasteiger partial charge in [0.1, 0.15) is 4.88 Å². The maximum absolute atomic E-state index is 12.3. The van der Waals surface area contributed by atoms with Crippen molar-refractivity contribution in [1.29, 1.82) is 0 Å². The lowest BCUT2D eigenvalue weighted by molar-refractivity contribution is 0.0660. The second-order valence-corrected chi connectivity index (χ2v) is 5.40. The Morgan fingerprint density at radius 3 is 2.88 bits per heavy atom. The molecule has 0 spiro atoms. The zero-order valence-corrected chi connectivity index (χ0v) is 10.7. The molecule has 1 aromatic rings. The Kier molecular flexibility index (Phi) is 3.25. The smallest absolute Gasteiger partial charge is 0.266 e. The van der Waals surface area contributed by atoms with Gasteiger partial charge in [0.2, 0.25) is 0 Å². The third kappa shape index (κ3) is 2.10. The van der Waals surface area contributed by atoms with Crippen LogP contribution in [0, 0.1) is 13.8 Å². The highest BCUT2D eigenvalue weighted by Gasteiger charge is 2.26. The molecule has 4 nitrogen and oxygen atoms in total. The van der Waals surface area contributed by atoms with E-state index in [2.05, 4.69) is 17.2 Å². The van der Waals surface area contributed by atoms with Crippen molar-refractivity contribution >= 4 is 17.2 Å². The zero-order chi connectivity index (χ0) is 11.7. The molecule has 1 aliphatic heterocycles. The number of carbonyl (C=O) groups is 1. The summed E-state index contributed by atoms with van der Waals surface area (Å²) in [5, 5.41) is 4.25. The second kappa shape index (κ2) is 4.51. The summed E-state index contributed by atoms with van der Waals surface area (Å²) in [6.07, 6.45) is 0. The fourth-order valence-corrected chi connectivity index (χ4v) is 2.88. The predicted molar refractivity (Wildman–Crippen MR) is 65.0 cm³/mol. The number of carbonyl (C=O) groups excluding carboxylic acids is 1. The van der Waals surface area contributed by atoms with Crippen LogP contribution in [0.2, 0.25) is 0 Å². The number of nitrogens with zero attached hydrogens (tertiary/aromatic N) is 2. The number of nitrogens with one attached hydrogen (secondary N) is 1. The van der Waals surface area contributed by atoms with Crippen LogP contribution in [-0.2, 0) is 0 Å². The van der Waals surface area contributed by atoms with Crippen molar-refractivity contribution in [2.75, 3.05) is 19.6 Å². The maximum Gasteiger partial charge on any atom is 0.266 e. The molecule has 2 rings (SSSR count). The number of aromatic nitrogens is 1. The van der Waals surface area contributed by atoms with Crippen LogP contribution in [0.25, 0.3) is 0 Å². The number of piperazine rings is 1. The van der Waals surface area contributed by atoms with E-state index in [1.54, 1.807) is 0 Å². The standard InChI is InChI=1S/C11H17N3OS/c1-7-6-12-4-5-14(7)11(15)10-8(2)13-9(3)16-10/h7,12H,4-6H2,1-3H3. The molecule has 1 N–H and O–H groups in total. The van der Waals surface area contributed by atoms with Gasteiger partial charge in [-0.05, 0) is 20.8 Å². The summed E-state index contributed by atoms with van der Waals surface area (Å²) in [6, 6.07) is 0.267. The molecule has 1 unspecified atom stereocenters. The molecule has 88 valence electrons. The summed E-state index contributed by atoms with van der Waals surface area (Å²) in [4.78, 5) is 19.4. The first-order valence-corrected chi connectivity index (χ1v) is 6.37. The van der Waals surface area contributed by atoms with Gasteiger partial charge in [-0.3, -0.25) is 4.79 Å². The van der Waals surface area contributed by atoms with Crippen molar-refractivity contribution in [3.8, 4) is 0 Å². The highest BCUT2D eigenvalue weighted by atomic mass is 32.1. The molecule has 5 heteroatoms. The minimum atomic E-state index is 0.136. The van der Waals surface area contributed by atoms with Crippen LogP contribution < -0.4 is 5.32 Å². The van der Waals surface area contributed by atoms with Crippen LogP contribution in [0.5, 0.6) is 0 Å². The molecule has 1 fully saturated rings. The fourth-order valence-electron chi connectivity index (χ4n) is 2.00. The third-order valence-corrected chi connectivity index (χ3v) is 3.92. The summed E-state index contributed by atoms with van der Waals surface area (Å²) in [5.41, 5.74) is 0.859. The van der Waals surface area contributed by atoms with E-state index in [9.17, 15) is 4.79 Å². The molecular formula is C11H17N3OS. The Morgan fingerprint density at radius 1 is 1.56 bits per heavy atom. The van der Waals surface area contributed by atoms with E-state index < -0.39 is 0 Å². The first-order valence-electron chi connectivity index (χ1n) is 5.55. The number of aryl methyl sites for hydroxylation is 2. The first-order chi connectivity index (χ1) is 7.59. The Hall–Kier alpha value is -0.940. The average Bonchev–Trinajstić information content (AvgIpc) is 2.58. The molecule has 0 saturated carbocycles. The van der Waals surface area contributed by atoms with E-state index in [-0.39, 0.29) is 11.9 Å². The van der Waals surface area contributed by atoms with Gasteiger partial charge in [0.05, 0.1) is 10.7 Å². The van der Waals surface area contributed by atoms with Crippen LogP contribution in [-0.4, -0.2) is 41.5 Å². The molecule has 1 aliphatic rings. The van der Waals surface area contributed by atoms with Gasteiger partial charge in [-0.15, -0.1) is 11.3 Å². The van der Waals surface area contributed by atoms with E-state index in [1.165, 1.54) is 11.3 Å². The van der Waals surface area contributed by atoms with Gasteiger partial charge in [0.15, 0.2) is 0 Å². The van der Waals surface area contributed by atoms with Gasteiger partial charge in [0.25, 0.3) is 5.91 Å². The second-order valence-electron chi connectivity index (χ2n) is 4.20. The summed E-state index contributed by atoms with van der Waals surface area (Å²) >= 11 is 1.50. The van der Waals surface area contributed by atoms with Gasteiger partial charge in [-0.25, -0.2) is 4.98 Å². The Labute approximate surface area is 99.7 Å². The highest BCUT2D eigenvalue weighted by Crippen LogP contribution is 2.20. The lowest BCUT2D eigenvalue weighted by atomic mass is 10.2. The normalized spacial score (nSPS) is 21.2. The molecule has 1 aromatic heterocycles. The third-order valence-electron chi connectivity index (χ3n) is 2.86. The minimum absolute atomic E-state index is 0.136. The largest absolute Gasteiger partial charge is 0.333 e. The van der Waals surface area contributed by atoms with E-state index in [0.717, 1.165) is 35.2 Å². The van der Waals surface area contributed by atoms with Crippen LogP contribution in [0.1, 0.15) is 27.3 Å². The van der Waals surface area contributed by atoms with Gasteiger partial charge in [0, 0.05) is 25.7 Å². The summed E-state index contributed by atoms with van der Waals surface area (Å²) in [5.74, 6) is 0.136. The minimum Gasteiger partial charge on any atom is -0.333 e. The SMILES string of the molecule is Cc1nc(C)c(C(=O)N2CCNCC2C)s1. The Morgan fingerprint density at radius 2 is 2.31 bits per heavy atom. The van der Waals surface area contributed by atoms with Gasteiger partial charge < -0.3 is 10.2 Å². The predicted octanol–water partition coefficient (Wildman–Crippen LogP) is 1.19. The van der Waals surface area contributed by atoms with Crippen LogP contribution in [0.4, 0.5) is 0 Å². The van der Waals surface area contributed by atoms with Crippen molar-refractivity contribution in [1.82, 2.24) is 15.2 Å². The lowest BCUT2D eigenvalue weighted by Crippen LogP contribution is -2.52. The molecule has 0 aromatic carbocycles. The summed E-state index contributed by atoms with van der Waals surface area (Å²) < 4.78 is 0. The summed E-state index contributed by atoms with van der Waals surface area (Å²) in [6.45, 7) is 8.47. The molecule has 0 aliphatic carbocycles. The molecule has 2 heterocycles. The van der Waals surface area contributed by atoms with Crippen molar-refractivity contribution in [3.05, 3.63) is 15.6 Å². The monoisotopic (exact) mass is 239 g/mol. The van der Waals surface area contributed by atoms with Gasteiger partial charge in [-0.2, -0.15) is 0 Å². The number of thiazole rings is 1. The Bertz CT molecular complexity index is 402. The molecule has 0 bridgehead atoms. The quantitative estimate of drug-likeness (QED) is 0.801. The number of hydrogen-bond donors (Lipinski definition) is 1. The van der Waals surface area contributed by atoms with E-state index in [1.807, 2.05) is 18.7 Å². The molecule has 1 amide bonds. The van der Waals surface area contributed by atoms with Crippen LogP contribution >= 0.6 is 11.3 Å². The average molecular weight is 239 g/mol. The van der Waals surface area contributed by atoms with Gasteiger partial charge >= 0.3 is 0 Å². The number of rotatable bonds is 1. The molecule has 1 saturated heterocycles. The van der Waals surface area contributed by atoms with Crippen LogP contribution in [0.15, 0.2) is 0 Å². The van der Waals surface area contributed by atoms with Crippen molar-refractivity contribution < 1.29 is 4.79 Å². The molecular weight excluding hydrogens is 222 g/mol. The molecule has 1 atom stereocenters. The lowest BCUT2D eigenvalue weighted by Gasteiger charge is -2.33. The number of amides is 1. The topological polar surface area (TPSA) is 45.2 Å². The van der Waals surface area contributed by atoms with Crippen molar-refractivity contribution in [2.24, 2.45) is 0 Å². The molecule has 16 heavy (non-hydrogen) atoms. The fraction of sp³-hybridized carbons (Fsp3) is 0.636. The van der Waals surface area contributed by atoms with E-state index in [4.69, 9.17) is 0 Å². The first kappa shape index (κ1) is 11.5. The van der Waals surface area contributed by atoms with Crippen LogP contribution in [0.3, 0.4) is 0 Å². The van der Waals surface area contributed by atoms with Crippen molar-refractivity contribution in [2.45, 2.75) is 26.8 Å². The highest BCUT2D eigenvalue weighted by molar-refractivity contribution is 7.13. The number of hydrogen-bond acceptors (Lipinski definition) is 4. The maximum atomic E-state index is 12.3. The molecule has 0 radical (unpaired) electrons. The van der Waals surface area contributed by atoms with Crippen molar-refractivity contribution in [3.63, 3.8) is 0 Å². The van der Waals surface area contributed by atoms with E-state index >= 15 is 0 Å².